The van der Waals surface area contributed by atoms with Gasteiger partial charge in [0.1, 0.15) is 0 Å². The minimum atomic E-state index is -3.58. The van der Waals surface area contributed by atoms with Gasteiger partial charge in [-0.1, -0.05) is 31.3 Å². The summed E-state index contributed by atoms with van der Waals surface area (Å²) >= 11 is 1.35. The van der Waals surface area contributed by atoms with Crippen molar-refractivity contribution in [1.29, 1.82) is 0 Å². The molecule has 1 aromatic carbocycles. The number of nitrogens with one attached hydrogen (secondary N) is 1. The smallest absolute Gasteiger partial charge is 0.257 e. The van der Waals surface area contributed by atoms with Crippen LogP contribution in [-0.2, 0) is 10.0 Å². The average molecular weight is 471 g/mol. The molecule has 2 unspecified atom stereocenters. The lowest BCUT2D eigenvalue weighted by Gasteiger charge is -2.34. The molecule has 0 aliphatic carbocycles. The molecule has 0 spiro atoms. The molecule has 0 radical (unpaired) electrons. The summed E-state index contributed by atoms with van der Waals surface area (Å²) in [6.07, 6.45) is 2.75. The molecule has 3 aromatic rings. The molecule has 1 N–H and O–H groups in total. The van der Waals surface area contributed by atoms with Crippen LogP contribution >= 0.6 is 11.3 Å². The zero-order valence-corrected chi connectivity index (χ0v) is 19.9. The van der Waals surface area contributed by atoms with Gasteiger partial charge in [-0.2, -0.15) is 4.31 Å². The third-order valence-corrected chi connectivity index (χ3v) is 8.45. The molecule has 2 aromatic heterocycles. The highest BCUT2D eigenvalue weighted by atomic mass is 32.2. The first-order valence-corrected chi connectivity index (χ1v) is 12.8. The number of anilines is 1. The third-order valence-electron chi connectivity index (χ3n) is 5.50. The number of hydrogen-bond acceptors (Lipinski definition) is 6. The number of carbonyl (C=O) groups is 1. The van der Waals surface area contributed by atoms with Crippen molar-refractivity contribution in [2.24, 2.45) is 11.8 Å². The number of nitrogens with zero attached hydrogens (tertiary/aromatic N) is 3. The van der Waals surface area contributed by atoms with E-state index < -0.39 is 10.0 Å². The largest absolute Gasteiger partial charge is 0.298 e. The Morgan fingerprint density at radius 2 is 1.78 bits per heavy atom. The summed E-state index contributed by atoms with van der Waals surface area (Å²) in [4.78, 5) is 22.6. The molecule has 1 aliphatic heterocycles. The van der Waals surface area contributed by atoms with Crippen molar-refractivity contribution in [3.8, 4) is 10.6 Å². The van der Waals surface area contributed by atoms with Crippen molar-refractivity contribution in [1.82, 2.24) is 14.3 Å². The molecule has 168 valence electrons. The fourth-order valence-electron chi connectivity index (χ4n) is 4.08. The zero-order valence-electron chi connectivity index (χ0n) is 18.3. The van der Waals surface area contributed by atoms with Gasteiger partial charge in [-0.3, -0.25) is 15.1 Å². The lowest BCUT2D eigenvalue weighted by atomic mass is 9.94. The Bertz CT molecular complexity index is 1200. The van der Waals surface area contributed by atoms with Crippen molar-refractivity contribution in [3.05, 3.63) is 59.9 Å². The van der Waals surface area contributed by atoms with Gasteiger partial charge in [0.15, 0.2) is 5.13 Å². The second-order valence-corrected chi connectivity index (χ2v) is 11.3. The number of amides is 1. The molecular formula is C23H26N4O3S2. The summed E-state index contributed by atoms with van der Waals surface area (Å²) in [5.74, 6) is 0.322. The van der Waals surface area contributed by atoms with Crippen molar-refractivity contribution in [3.63, 3.8) is 0 Å². The molecule has 1 saturated heterocycles. The van der Waals surface area contributed by atoms with Crippen LogP contribution in [0.3, 0.4) is 0 Å². The van der Waals surface area contributed by atoms with Crippen molar-refractivity contribution < 1.29 is 13.2 Å². The molecule has 1 aliphatic rings. The zero-order chi connectivity index (χ0) is 22.9. The van der Waals surface area contributed by atoms with Crippen LogP contribution in [-0.4, -0.2) is 41.7 Å². The van der Waals surface area contributed by atoms with Crippen LogP contribution < -0.4 is 5.32 Å². The Morgan fingerprint density at radius 3 is 2.41 bits per heavy atom. The van der Waals surface area contributed by atoms with Crippen molar-refractivity contribution in [2.45, 2.75) is 32.1 Å². The number of thiazole rings is 1. The Balaban J connectivity index is 1.48. The van der Waals surface area contributed by atoms with Gasteiger partial charge in [-0.05, 0) is 61.6 Å². The molecule has 4 rings (SSSR count). The molecule has 32 heavy (non-hydrogen) atoms. The Labute approximate surface area is 192 Å². The Kier molecular flexibility index (Phi) is 6.41. The number of hydrogen-bond donors (Lipinski definition) is 1. The van der Waals surface area contributed by atoms with Gasteiger partial charge < -0.3 is 0 Å². The first kappa shape index (κ1) is 22.6. The number of rotatable bonds is 5. The highest BCUT2D eigenvalue weighted by Gasteiger charge is 2.31. The van der Waals surface area contributed by atoms with Gasteiger partial charge in [0, 0.05) is 24.8 Å². The quantitative estimate of drug-likeness (QED) is 0.595. The van der Waals surface area contributed by atoms with Gasteiger partial charge in [-0.25, -0.2) is 13.4 Å². The van der Waals surface area contributed by atoms with E-state index in [2.05, 4.69) is 29.1 Å². The predicted octanol–water partition coefficient (Wildman–Crippen LogP) is 4.43. The van der Waals surface area contributed by atoms with Crippen molar-refractivity contribution in [2.75, 3.05) is 18.4 Å². The third kappa shape index (κ3) is 4.74. The van der Waals surface area contributed by atoms with Crippen LogP contribution in [0.2, 0.25) is 0 Å². The summed E-state index contributed by atoms with van der Waals surface area (Å²) < 4.78 is 27.6. The van der Waals surface area contributed by atoms with Crippen LogP contribution in [0.5, 0.6) is 0 Å². The number of aromatic nitrogens is 2. The number of aryl methyl sites for hydroxylation is 1. The summed E-state index contributed by atoms with van der Waals surface area (Å²) in [5.41, 5.74) is 1.96. The molecular weight excluding hydrogens is 444 g/mol. The van der Waals surface area contributed by atoms with E-state index in [4.69, 9.17) is 0 Å². The van der Waals surface area contributed by atoms with Gasteiger partial charge in [-0.15, -0.1) is 0 Å². The maximum absolute atomic E-state index is 13.0. The summed E-state index contributed by atoms with van der Waals surface area (Å²) in [6.45, 7) is 7.07. The van der Waals surface area contributed by atoms with Crippen LogP contribution in [0.4, 0.5) is 5.13 Å². The maximum atomic E-state index is 13.0. The second kappa shape index (κ2) is 9.09. The predicted molar refractivity (Wildman–Crippen MR) is 126 cm³/mol. The molecule has 9 heteroatoms. The fraction of sp³-hybridized carbons (Fsp3) is 0.348. The van der Waals surface area contributed by atoms with E-state index in [1.165, 1.54) is 23.5 Å². The van der Waals surface area contributed by atoms with E-state index >= 15 is 0 Å². The molecule has 3 heterocycles. The molecule has 1 amide bonds. The maximum Gasteiger partial charge on any atom is 0.257 e. The minimum absolute atomic E-state index is 0.206. The molecule has 0 bridgehead atoms. The summed E-state index contributed by atoms with van der Waals surface area (Å²) in [5, 5.41) is 3.28. The minimum Gasteiger partial charge on any atom is -0.298 e. The van der Waals surface area contributed by atoms with Crippen molar-refractivity contribution >= 4 is 32.4 Å². The highest BCUT2D eigenvalue weighted by Crippen LogP contribution is 2.31. The molecule has 2 atom stereocenters. The average Bonchev–Trinajstić information content (AvgIpc) is 3.13. The van der Waals surface area contributed by atoms with Crippen LogP contribution in [0.25, 0.3) is 10.6 Å². The lowest BCUT2D eigenvalue weighted by molar-refractivity contribution is 0.102. The van der Waals surface area contributed by atoms with Gasteiger partial charge in [0.25, 0.3) is 5.91 Å². The first-order chi connectivity index (χ1) is 15.2. The number of sulfonamides is 1. The van der Waals surface area contributed by atoms with E-state index in [1.54, 1.807) is 22.6 Å². The van der Waals surface area contributed by atoms with E-state index in [-0.39, 0.29) is 10.8 Å². The Morgan fingerprint density at radius 1 is 1.09 bits per heavy atom. The summed E-state index contributed by atoms with van der Waals surface area (Å²) in [6, 6.07) is 11.7. The van der Waals surface area contributed by atoms with Crippen LogP contribution in [0, 0.1) is 18.8 Å². The Hall–Kier alpha value is -2.62. The normalized spacial score (nSPS) is 19.6. The SMILES string of the molecule is Cc1nc(NC(=O)c2ccc(S(=O)(=O)N3CC(C)CC(C)C3)cc2)sc1-c1ccccn1. The highest BCUT2D eigenvalue weighted by molar-refractivity contribution is 7.89. The van der Waals surface area contributed by atoms with Crippen LogP contribution in [0.15, 0.2) is 53.6 Å². The van der Waals surface area contributed by atoms with Gasteiger partial charge in [0.05, 0.1) is 21.2 Å². The van der Waals surface area contributed by atoms with E-state index in [0.717, 1.165) is 22.7 Å². The number of piperidine rings is 1. The molecule has 7 nitrogen and oxygen atoms in total. The monoisotopic (exact) mass is 470 g/mol. The summed E-state index contributed by atoms with van der Waals surface area (Å²) in [7, 11) is -3.58. The number of carbonyl (C=O) groups excluding carboxylic acids is 1. The first-order valence-electron chi connectivity index (χ1n) is 10.5. The topological polar surface area (TPSA) is 92.3 Å². The fourth-order valence-corrected chi connectivity index (χ4v) is 6.70. The van der Waals surface area contributed by atoms with E-state index in [0.29, 0.717) is 35.6 Å². The van der Waals surface area contributed by atoms with Gasteiger partial charge >= 0.3 is 0 Å². The van der Waals surface area contributed by atoms with Crippen LogP contribution in [0.1, 0.15) is 36.3 Å². The standard InChI is InChI=1S/C23H26N4O3S2/c1-15-12-16(2)14-27(13-15)32(29,30)19-9-7-18(8-10-19)22(28)26-23-25-17(3)21(31-23)20-6-4-5-11-24-20/h4-11,15-16H,12-14H2,1-3H3,(H,25,26,28). The number of pyridine rings is 1. The van der Waals surface area contributed by atoms with E-state index in [9.17, 15) is 13.2 Å². The van der Waals surface area contributed by atoms with Gasteiger partial charge in [0.2, 0.25) is 10.0 Å². The molecule has 1 fully saturated rings. The van der Waals surface area contributed by atoms with E-state index in [1.807, 2.05) is 25.1 Å². The second-order valence-electron chi connectivity index (χ2n) is 8.40. The lowest BCUT2D eigenvalue weighted by Crippen LogP contribution is -2.42. The number of benzene rings is 1. The molecule has 0 saturated carbocycles.